The Morgan fingerprint density at radius 1 is 1.09 bits per heavy atom. The Balaban J connectivity index is 1.46. The van der Waals surface area contributed by atoms with E-state index in [1.54, 1.807) is 50.5 Å². The van der Waals surface area contributed by atoms with Gasteiger partial charge in [-0.15, -0.1) is 0 Å². The van der Waals surface area contributed by atoms with Crippen LogP contribution >= 0.6 is 11.6 Å². The smallest absolute Gasteiger partial charge is 0.270 e. The number of aromatic amines is 1. The van der Waals surface area contributed by atoms with E-state index in [1.807, 2.05) is 0 Å². The van der Waals surface area contributed by atoms with Crippen molar-refractivity contribution in [3.05, 3.63) is 41.2 Å². The van der Waals surface area contributed by atoms with Crippen molar-refractivity contribution in [3.8, 4) is 17.2 Å². The molecular formula is C23H25ClN4O5. The number of nitrogens with zero attached hydrogens (tertiary/aromatic N) is 2. The maximum atomic E-state index is 13.2. The van der Waals surface area contributed by atoms with Crippen molar-refractivity contribution >= 4 is 40.1 Å². The monoisotopic (exact) mass is 472 g/mol. The summed E-state index contributed by atoms with van der Waals surface area (Å²) in [4.78, 5) is 34.8. The molecule has 0 atom stereocenters. The largest absolute Gasteiger partial charge is 0.496 e. The summed E-state index contributed by atoms with van der Waals surface area (Å²) in [6, 6.07) is 6.81. The number of pyridine rings is 1. The summed E-state index contributed by atoms with van der Waals surface area (Å²) in [5, 5.41) is 4.04. The molecule has 2 amide bonds. The van der Waals surface area contributed by atoms with Gasteiger partial charge in [-0.2, -0.15) is 0 Å². The molecule has 3 aromatic rings. The van der Waals surface area contributed by atoms with Gasteiger partial charge in [0.25, 0.3) is 5.91 Å². The lowest BCUT2D eigenvalue weighted by Crippen LogP contribution is -2.41. The summed E-state index contributed by atoms with van der Waals surface area (Å²) >= 11 is 5.83. The molecule has 1 fully saturated rings. The van der Waals surface area contributed by atoms with Crippen LogP contribution in [0.2, 0.25) is 5.02 Å². The summed E-state index contributed by atoms with van der Waals surface area (Å²) in [7, 11) is 4.65. The van der Waals surface area contributed by atoms with Gasteiger partial charge in [0.15, 0.2) is 11.5 Å². The van der Waals surface area contributed by atoms with Gasteiger partial charge < -0.3 is 29.4 Å². The number of aromatic nitrogens is 2. The van der Waals surface area contributed by atoms with Crippen molar-refractivity contribution in [3.63, 3.8) is 0 Å². The van der Waals surface area contributed by atoms with Crippen molar-refractivity contribution in [2.24, 2.45) is 5.92 Å². The number of nitrogens with one attached hydrogen (secondary N) is 2. The summed E-state index contributed by atoms with van der Waals surface area (Å²) in [6.07, 6.45) is 2.61. The SMILES string of the molecule is COc1cc(OC)c2cc(C(=O)N3CCC(C(=O)Nc4ccc(Cl)cn4)CC3)[nH]c2c1OC. The van der Waals surface area contributed by atoms with E-state index in [4.69, 9.17) is 25.8 Å². The number of hydrogen-bond donors (Lipinski definition) is 2. The Hall–Kier alpha value is -3.46. The number of methoxy groups -OCH3 is 3. The van der Waals surface area contributed by atoms with Crippen molar-refractivity contribution < 1.29 is 23.8 Å². The molecule has 0 radical (unpaired) electrons. The van der Waals surface area contributed by atoms with Crippen LogP contribution in [0.1, 0.15) is 23.3 Å². The molecular weight excluding hydrogens is 448 g/mol. The van der Waals surface area contributed by atoms with Gasteiger partial charge in [0.2, 0.25) is 5.91 Å². The lowest BCUT2D eigenvalue weighted by molar-refractivity contribution is -0.121. The Bertz CT molecular complexity index is 1170. The molecule has 2 aromatic heterocycles. The Labute approximate surface area is 196 Å². The fourth-order valence-electron chi connectivity index (χ4n) is 4.05. The molecule has 4 rings (SSSR count). The minimum absolute atomic E-state index is 0.107. The average Bonchev–Trinajstić information content (AvgIpc) is 3.29. The average molecular weight is 473 g/mol. The van der Waals surface area contributed by atoms with Gasteiger partial charge >= 0.3 is 0 Å². The minimum atomic E-state index is -0.196. The predicted molar refractivity (Wildman–Crippen MR) is 124 cm³/mol. The van der Waals surface area contributed by atoms with Gasteiger partial charge in [-0.05, 0) is 31.0 Å². The molecule has 0 bridgehead atoms. The number of halogens is 1. The number of amides is 2. The number of hydrogen-bond acceptors (Lipinski definition) is 6. The predicted octanol–water partition coefficient (Wildman–Crippen LogP) is 3.73. The van der Waals surface area contributed by atoms with Gasteiger partial charge in [-0.25, -0.2) is 4.98 Å². The van der Waals surface area contributed by atoms with Crippen LogP contribution in [-0.2, 0) is 4.79 Å². The topological polar surface area (TPSA) is 106 Å². The molecule has 1 aromatic carbocycles. The van der Waals surface area contributed by atoms with Crippen molar-refractivity contribution in [1.29, 1.82) is 0 Å². The van der Waals surface area contributed by atoms with Crippen LogP contribution in [0.5, 0.6) is 17.2 Å². The van der Waals surface area contributed by atoms with Crippen molar-refractivity contribution in [2.75, 3.05) is 39.7 Å². The molecule has 174 valence electrons. The number of carbonyl (C=O) groups excluding carboxylic acids is 2. The molecule has 3 heterocycles. The van der Waals surface area contributed by atoms with Crippen LogP contribution < -0.4 is 19.5 Å². The lowest BCUT2D eigenvalue weighted by Gasteiger charge is -2.31. The van der Waals surface area contributed by atoms with Crippen molar-refractivity contribution in [1.82, 2.24) is 14.9 Å². The van der Waals surface area contributed by atoms with Crippen LogP contribution in [-0.4, -0.2) is 61.1 Å². The van der Waals surface area contributed by atoms with Crippen LogP contribution in [0, 0.1) is 5.92 Å². The molecule has 1 saturated heterocycles. The molecule has 33 heavy (non-hydrogen) atoms. The first-order valence-corrected chi connectivity index (χ1v) is 10.9. The van der Waals surface area contributed by atoms with E-state index in [9.17, 15) is 9.59 Å². The number of piperidine rings is 1. The second-order valence-electron chi connectivity index (χ2n) is 7.70. The lowest BCUT2D eigenvalue weighted by atomic mass is 9.95. The van der Waals surface area contributed by atoms with Gasteiger partial charge in [0.05, 0.1) is 31.9 Å². The molecule has 1 aliphatic heterocycles. The first-order valence-electron chi connectivity index (χ1n) is 10.5. The van der Waals surface area contributed by atoms with E-state index in [-0.39, 0.29) is 17.7 Å². The highest BCUT2D eigenvalue weighted by molar-refractivity contribution is 6.30. The Morgan fingerprint density at radius 2 is 1.82 bits per heavy atom. The molecule has 1 aliphatic rings. The highest BCUT2D eigenvalue weighted by atomic mass is 35.5. The first kappa shape index (κ1) is 22.7. The zero-order chi connectivity index (χ0) is 23.5. The number of anilines is 1. The van der Waals surface area contributed by atoms with Gasteiger partial charge in [0.1, 0.15) is 17.3 Å². The maximum absolute atomic E-state index is 13.2. The minimum Gasteiger partial charge on any atom is -0.496 e. The Morgan fingerprint density at radius 3 is 2.42 bits per heavy atom. The van der Waals surface area contributed by atoms with E-state index < -0.39 is 0 Å². The Kier molecular flexibility index (Phi) is 6.60. The second-order valence-corrected chi connectivity index (χ2v) is 8.14. The van der Waals surface area contributed by atoms with Crippen LogP contribution in [0.15, 0.2) is 30.5 Å². The van der Waals surface area contributed by atoms with E-state index in [0.29, 0.717) is 65.2 Å². The maximum Gasteiger partial charge on any atom is 0.270 e. The van der Waals surface area contributed by atoms with E-state index >= 15 is 0 Å². The van der Waals surface area contributed by atoms with Gasteiger partial charge in [-0.1, -0.05) is 11.6 Å². The molecule has 2 N–H and O–H groups in total. The normalized spacial score (nSPS) is 14.2. The fourth-order valence-corrected chi connectivity index (χ4v) is 4.16. The zero-order valence-electron chi connectivity index (χ0n) is 18.6. The summed E-state index contributed by atoms with van der Waals surface area (Å²) in [5.74, 6) is 1.59. The number of carbonyl (C=O) groups is 2. The number of rotatable bonds is 6. The van der Waals surface area contributed by atoms with Crippen LogP contribution in [0.4, 0.5) is 5.82 Å². The number of likely N-dealkylation sites (tertiary alicyclic amines) is 1. The van der Waals surface area contributed by atoms with E-state index in [2.05, 4.69) is 15.3 Å². The standard InChI is InChI=1S/C23H25ClN4O5/c1-31-17-11-18(32-2)21(33-3)20-15(17)10-16(26-20)23(30)28-8-6-13(7-9-28)22(29)27-19-5-4-14(24)12-25-19/h4-5,10-13,26H,6-9H2,1-3H3,(H,25,27,29). The number of ether oxygens (including phenoxy) is 3. The van der Waals surface area contributed by atoms with Gasteiger partial charge in [-0.3, -0.25) is 9.59 Å². The molecule has 0 saturated carbocycles. The zero-order valence-corrected chi connectivity index (χ0v) is 19.4. The third kappa shape index (κ3) is 4.54. The summed E-state index contributed by atoms with van der Waals surface area (Å²) < 4.78 is 16.3. The third-order valence-corrected chi connectivity index (χ3v) is 6.03. The molecule has 0 unspecified atom stereocenters. The van der Waals surface area contributed by atoms with E-state index in [1.165, 1.54) is 6.20 Å². The number of H-pyrrole nitrogens is 1. The van der Waals surface area contributed by atoms with Crippen molar-refractivity contribution in [2.45, 2.75) is 12.8 Å². The third-order valence-electron chi connectivity index (χ3n) is 5.80. The molecule has 10 heteroatoms. The van der Waals surface area contributed by atoms with Crippen LogP contribution in [0.25, 0.3) is 10.9 Å². The summed E-state index contributed by atoms with van der Waals surface area (Å²) in [6.45, 7) is 0.940. The van der Waals surface area contributed by atoms with Gasteiger partial charge in [0, 0.05) is 36.7 Å². The number of fused-ring (bicyclic) bond motifs is 1. The molecule has 0 aliphatic carbocycles. The fraction of sp³-hybridized carbons (Fsp3) is 0.348. The first-order chi connectivity index (χ1) is 15.9. The quantitative estimate of drug-likeness (QED) is 0.566. The molecule has 0 spiro atoms. The highest BCUT2D eigenvalue weighted by Gasteiger charge is 2.29. The van der Waals surface area contributed by atoms with Crippen LogP contribution in [0.3, 0.4) is 0 Å². The molecule has 9 nitrogen and oxygen atoms in total. The van der Waals surface area contributed by atoms with E-state index in [0.717, 1.165) is 5.39 Å². The number of benzene rings is 1. The summed E-state index contributed by atoms with van der Waals surface area (Å²) in [5.41, 5.74) is 1.05. The highest BCUT2D eigenvalue weighted by Crippen LogP contribution is 2.41. The second kappa shape index (κ2) is 9.58.